The summed E-state index contributed by atoms with van der Waals surface area (Å²) in [6.07, 6.45) is 1.39. The Morgan fingerprint density at radius 2 is 2.05 bits per heavy atom. The van der Waals surface area contributed by atoms with E-state index in [4.69, 9.17) is 23.2 Å². The lowest BCUT2D eigenvalue weighted by atomic mass is 10.3. The number of aromatic nitrogens is 1. The number of anilines is 1. The minimum absolute atomic E-state index is 0.256. The van der Waals surface area contributed by atoms with Crippen molar-refractivity contribution in [3.8, 4) is 0 Å². The fraction of sp³-hybridized carbons (Fsp3) is 0.143. The summed E-state index contributed by atoms with van der Waals surface area (Å²) in [5, 5.41) is 14.9. The van der Waals surface area contributed by atoms with Crippen molar-refractivity contribution in [2.24, 2.45) is 0 Å². The Morgan fingerprint density at radius 1 is 1.29 bits per heavy atom. The zero-order valence-electron chi connectivity index (χ0n) is 11.0. The molecule has 0 aliphatic heterocycles. The summed E-state index contributed by atoms with van der Waals surface area (Å²) >= 11 is 13.1. The molecule has 0 aliphatic rings. The van der Waals surface area contributed by atoms with E-state index in [1.54, 1.807) is 43.3 Å². The van der Waals surface area contributed by atoms with Gasteiger partial charge in [0.1, 0.15) is 0 Å². The first kappa shape index (κ1) is 15.9. The maximum atomic E-state index is 12.1. The molecule has 0 bridgehead atoms. The quantitative estimate of drug-likeness (QED) is 0.523. The molecule has 110 valence electrons. The van der Waals surface area contributed by atoms with Gasteiger partial charge in [0.05, 0.1) is 21.0 Å². The van der Waals surface area contributed by atoms with Crippen LogP contribution in [0.15, 0.2) is 47.6 Å². The Labute approximate surface area is 136 Å². The van der Waals surface area contributed by atoms with E-state index in [1.807, 2.05) is 0 Å². The highest BCUT2D eigenvalue weighted by Gasteiger charge is 2.19. The number of nitrogens with one attached hydrogen (secondary N) is 1. The Balaban J connectivity index is 2.06. The maximum absolute atomic E-state index is 12.1. The van der Waals surface area contributed by atoms with Crippen LogP contribution in [0.4, 0.5) is 5.69 Å². The SMILES string of the molecule is CC(Sc1cccc[n+]1[O-])C(=O)Nc1cccc(Cl)c1Cl. The monoisotopic (exact) mass is 342 g/mol. The zero-order valence-corrected chi connectivity index (χ0v) is 13.4. The molecular weight excluding hydrogens is 331 g/mol. The molecule has 2 aromatic rings. The number of carbonyl (C=O) groups excluding carboxylic acids is 1. The first-order valence-corrected chi connectivity index (χ1v) is 7.72. The van der Waals surface area contributed by atoms with E-state index in [0.29, 0.717) is 20.8 Å². The molecule has 0 aliphatic carbocycles. The van der Waals surface area contributed by atoms with Crippen molar-refractivity contribution >= 4 is 46.6 Å². The number of hydrogen-bond donors (Lipinski definition) is 1. The lowest BCUT2D eigenvalue weighted by molar-refractivity contribution is -0.645. The average Bonchev–Trinajstić information content (AvgIpc) is 2.46. The summed E-state index contributed by atoms with van der Waals surface area (Å²) in [6.45, 7) is 1.71. The molecule has 1 atom stereocenters. The van der Waals surface area contributed by atoms with Crippen molar-refractivity contribution in [3.63, 3.8) is 0 Å². The molecule has 4 nitrogen and oxygen atoms in total. The standard InChI is InChI=1S/C14H12Cl2N2O2S/c1-9(21-12-7-2-3-8-18(12)20)14(19)17-11-6-4-5-10(15)13(11)16/h2-9H,1H3,(H,17,19). The van der Waals surface area contributed by atoms with Crippen LogP contribution in [0, 0.1) is 5.21 Å². The Hall–Kier alpha value is -1.43. The molecule has 0 fully saturated rings. The predicted molar refractivity (Wildman–Crippen MR) is 85.8 cm³/mol. The van der Waals surface area contributed by atoms with Gasteiger partial charge in [-0.05, 0) is 36.9 Å². The van der Waals surface area contributed by atoms with Crippen molar-refractivity contribution in [1.82, 2.24) is 0 Å². The van der Waals surface area contributed by atoms with Gasteiger partial charge in [0, 0.05) is 12.1 Å². The number of benzene rings is 1. The summed E-state index contributed by atoms with van der Waals surface area (Å²) in [5.41, 5.74) is 0.449. The molecular formula is C14H12Cl2N2O2S. The van der Waals surface area contributed by atoms with Gasteiger partial charge in [0.25, 0.3) is 5.03 Å². The van der Waals surface area contributed by atoms with E-state index in [9.17, 15) is 10.0 Å². The van der Waals surface area contributed by atoms with E-state index in [1.165, 1.54) is 18.0 Å². The summed E-state index contributed by atoms with van der Waals surface area (Å²) < 4.78 is 0.723. The van der Waals surface area contributed by atoms with Gasteiger partial charge in [-0.1, -0.05) is 29.3 Å². The second-order valence-corrected chi connectivity index (χ2v) is 6.36. The van der Waals surface area contributed by atoms with E-state index >= 15 is 0 Å². The smallest absolute Gasteiger partial charge is 0.252 e. The maximum Gasteiger partial charge on any atom is 0.252 e. The lowest BCUT2D eigenvalue weighted by Gasteiger charge is -2.12. The average molecular weight is 343 g/mol. The van der Waals surface area contributed by atoms with Gasteiger partial charge in [-0.25, -0.2) is 0 Å². The minimum Gasteiger partial charge on any atom is -0.618 e. The number of thioether (sulfide) groups is 1. The first-order chi connectivity index (χ1) is 9.99. The summed E-state index contributed by atoms with van der Waals surface area (Å²) in [7, 11) is 0. The third-order valence-corrected chi connectivity index (χ3v) is 4.61. The third kappa shape index (κ3) is 4.03. The molecule has 1 aromatic carbocycles. The van der Waals surface area contributed by atoms with Crippen LogP contribution >= 0.6 is 35.0 Å². The number of hydrogen-bond acceptors (Lipinski definition) is 3. The largest absolute Gasteiger partial charge is 0.618 e. The van der Waals surface area contributed by atoms with Gasteiger partial charge < -0.3 is 10.5 Å². The van der Waals surface area contributed by atoms with Crippen molar-refractivity contribution in [2.45, 2.75) is 17.2 Å². The van der Waals surface area contributed by atoms with Gasteiger partial charge in [-0.2, -0.15) is 4.73 Å². The molecule has 21 heavy (non-hydrogen) atoms. The van der Waals surface area contributed by atoms with Crippen LogP contribution < -0.4 is 10.0 Å². The molecule has 7 heteroatoms. The van der Waals surface area contributed by atoms with Gasteiger partial charge in [-0.3, -0.25) is 4.79 Å². The van der Waals surface area contributed by atoms with Crippen LogP contribution in [-0.2, 0) is 4.79 Å². The second kappa shape index (κ2) is 7.02. The van der Waals surface area contributed by atoms with E-state index < -0.39 is 5.25 Å². The molecule has 0 saturated carbocycles. The molecule has 1 N–H and O–H groups in total. The van der Waals surface area contributed by atoms with Gasteiger partial charge in [0.15, 0.2) is 6.20 Å². The number of carbonyl (C=O) groups is 1. The van der Waals surface area contributed by atoms with Crippen molar-refractivity contribution in [1.29, 1.82) is 0 Å². The highest BCUT2D eigenvalue weighted by molar-refractivity contribution is 8.00. The van der Waals surface area contributed by atoms with Crippen LogP contribution in [0.2, 0.25) is 10.0 Å². The Kier molecular flexibility index (Phi) is 5.33. The highest BCUT2D eigenvalue weighted by atomic mass is 35.5. The van der Waals surface area contributed by atoms with Crippen LogP contribution in [0.25, 0.3) is 0 Å². The zero-order chi connectivity index (χ0) is 15.4. The van der Waals surface area contributed by atoms with E-state index in [2.05, 4.69) is 5.32 Å². The number of amides is 1. The summed E-state index contributed by atoms with van der Waals surface area (Å²) in [5.74, 6) is -0.256. The molecule has 0 saturated heterocycles. The van der Waals surface area contributed by atoms with Gasteiger partial charge >= 0.3 is 0 Å². The van der Waals surface area contributed by atoms with Gasteiger partial charge in [0.2, 0.25) is 5.91 Å². The van der Waals surface area contributed by atoms with E-state index in [0.717, 1.165) is 4.73 Å². The lowest BCUT2D eigenvalue weighted by Crippen LogP contribution is -2.30. The van der Waals surface area contributed by atoms with E-state index in [-0.39, 0.29) is 5.91 Å². The van der Waals surface area contributed by atoms with Crippen molar-refractivity contribution < 1.29 is 9.52 Å². The fourth-order valence-electron chi connectivity index (χ4n) is 1.57. The normalized spacial score (nSPS) is 12.0. The summed E-state index contributed by atoms with van der Waals surface area (Å²) in [4.78, 5) is 12.1. The van der Waals surface area contributed by atoms with Gasteiger partial charge in [-0.15, -0.1) is 0 Å². The molecule has 1 unspecified atom stereocenters. The minimum atomic E-state index is -0.456. The first-order valence-electron chi connectivity index (χ1n) is 6.09. The molecule has 1 heterocycles. The molecule has 0 spiro atoms. The Bertz CT molecular complexity index is 667. The van der Waals surface area contributed by atoms with Crippen LogP contribution in [-0.4, -0.2) is 11.2 Å². The number of rotatable bonds is 4. The third-order valence-electron chi connectivity index (χ3n) is 2.66. The van der Waals surface area contributed by atoms with Crippen LogP contribution in [0.5, 0.6) is 0 Å². The van der Waals surface area contributed by atoms with Crippen LogP contribution in [0.3, 0.4) is 0 Å². The molecule has 1 aromatic heterocycles. The molecule has 2 rings (SSSR count). The number of pyridine rings is 1. The molecule has 1 amide bonds. The number of nitrogens with zero attached hydrogens (tertiary/aromatic N) is 1. The van der Waals surface area contributed by atoms with Crippen molar-refractivity contribution in [2.75, 3.05) is 5.32 Å². The topological polar surface area (TPSA) is 56.0 Å². The highest BCUT2D eigenvalue weighted by Crippen LogP contribution is 2.30. The predicted octanol–water partition coefficient (Wildman–Crippen LogP) is 3.75. The molecule has 0 radical (unpaired) electrons. The van der Waals surface area contributed by atoms with Crippen LogP contribution in [0.1, 0.15) is 6.92 Å². The van der Waals surface area contributed by atoms with Crippen molar-refractivity contribution in [3.05, 3.63) is 57.8 Å². The second-order valence-electron chi connectivity index (χ2n) is 4.22. The Morgan fingerprint density at radius 3 is 2.76 bits per heavy atom. The summed E-state index contributed by atoms with van der Waals surface area (Å²) in [6, 6.07) is 10.0. The fourth-order valence-corrected chi connectivity index (χ4v) is 2.77. The number of halogens is 2.